The highest BCUT2D eigenvalue weighted by atomic mass is 16.5. The fraction of sp³-hybridized carbons (Fsp3) is 0.167. The normalized spacial score (nSPS) is 9.55. The zero-order valence-electron chi connectivity index (χ0n) is 12.2. The highest BCUT2D eigenvalue weighted by molar-refractivity contribution is 5.89. The molecule has 4 nitrogen and oxygen atoms in total. The van der Waals surface area contributed by atoms with E-state index in [9.17, 15) is 4.79 Å². The molecule has 0 radical (unpaired) electrons. The Morgan fingerprint density at radius 2 is 1.95 bits per heavy atom. The van der Waals surface area contributed by atoms with E-state index in [0.717, 1.165) is 11.3 Å². The number of aliphatic hydroxyl groups is 1. The van der Waals surface area contributed by atoms with Crippen LogP contribution in [0, 0.1) is 11.8 Å². The topological polar surface area (TPSA) is 55.8 Å². The second kappa shape index (κ2) is 7.87. The quantitative estimate of drug-likeness (QED) is 0.695. The first kappa shape index (κ1) is 15.6. The zero-order valence-corrected chi connectivity index (χ0v) is 12.2. The molecule has 0 fully saturated rings. The van der Waals surface area contributed by atoms with Crippen LogP contribution in [0.2, 0.25) is 0 Å². The Morgan fingerprint density at radius 3 is 2.64 bits per heavy atom. The monoisotopic (exact) mass is 296 g/mol. The van der Waals surface area contributed by atoms with Crippen molar-refractivity contribution >= 4 is 5.97 Å². The first-order chi connectivity index (χ1) is 10.7. The number of carbonyl (C=O) groups excluding carboxylic acids is 1. The molecule has 0 spiro atoms. The van der Waals surface area contributed by atoms with Crippen molar-refractivity contribution in [3.8, 4) is 17.6 Å². The smallest absolute Gasteiger partial charge is 0.338 e. The number of hydrogen-bond acceptors (Lipinski definition) is 4. The highest BCUT2D eigenvalue weighted by Gasteiger charge is 2.07. The molecule has 0 aliphatic heterocycles. The molecule has 2 aromatic rings. The maximum absolute atomic E-state index is 12.0. The predicted molar refractivity (Wildman–Crippen MR) is 82.5 cm³/mol. The molecule has 0 heterocycles. The van der Waals surface area contributed by atoms with Gasteiger partial charge in [-0.1, -0.05) is 30.0 Å². The van der Waals surface area contributed by atoms with Crippen LogP contribution in [0.15, 0.2) is 48.5 Å². The standard InChI is InChI=1S/C18H16O4/c1-21-17-9-7-15(8-10-17)13-22-18(20)16-6-2-4-14(12-16)5-3-11-19/h2,4,6-10,12,19H,11,13H2,1H3. The zero-order chi connectivity index (χ0) is 15.8. The maximum atomic E-state index is 12.0. The minimum Gasteiger partial charge on any atom is -0.497 e. The Labute approximate surface area is 129 Å². The summed E-state index contributed by atoms with van der Waals surface area (Å²) in [6, 6.07) is 14.1. The summed E-state index contributed by atoms with van der Waals surface area (Å²) in [4.78, 5) is 12.0. The molecule has 0 aliphatic rings. The molecule has 0 bridgehead atoms. The van der Waals surface area contributed by atoms with Gasteiger partial charge in [0.05, 0.1) is 12.7 Å². The summed E-state index contributed by atoms with van der Waals surface area (Å²) in [6.45, 7) is -0.0263. The van der Waals surface area contributed by atoms with E-state index < -0.39 is 5.97 Å². The third kappa shape index (κ3) is 4.37. The van der Waals surface area contributed by atoms with Crippen LogP contribution < -0.4 is 4.74 Å². The number of esters is 1. The maximum Gasteiger partial charge on any atom is 0.338 e. The van der Waals surface area contributed by atoms with Gasteiger partial charge in [0.2, 0.25) is 0 Å². The molecule has 0 saturated carbocycles. The number of rotatable bonds is 4. The van der Waals surface area contributed by atoms with Gasteiger partial charge in [0.25, 0.3) is 0 Å². The SMILES string of the molecule is COc1ccc(COC(=O)c2cccc(C#CCO)c2)cc1. The highest BCUT2D eigenvalue weighted by Crippen LogP contribution is 2.13. The van der Waals surface area contributed by atoms with Gasteiger partial charge in [-0.2, -0.15) is 0 Å². The third-order valence-corrected chi connectivity index (χ3v) is 2.94. The van der Waals surface area contributed by atoms with Gasteiger partial charge in [0, 0.05) is 5.56 Å². The molecule has 0 aromatic heterocycles. The van der Waals surface area contributed by atoms with Crippen LogP contribution in [0.3, 0.4) is 0 Å². The molecule has 2 aromatic carbocycles. The molecule has 0 amide bonds. The molecule has 22 heavy (non-hydrogen) atoms. The number of aliphatic hydroxyl groups excluding tert-OH is 1. The van der Waals surface area contributed by atoms with Crippen molar-refractivity contribution < 1.29 is 19.4 Å². The van der Waals surface area contributed by atoms with Crippen molar-refractivity contribution in [3.63, 3.8) is 0 Å². The average molecular weight is 296 g/mol. The fourth-order valence-electron chi connectivity index (χ4n) is 1.82. The van der Waals surface area contributed by atoms with E-state index >= 15 is 0 Å². The van der Waals surface area contributed by atoms with Gasteiger partial charge >= 0.3 is 5.97 Å². The van der Waals surface area contributed by atoms with E-state index in [-0.39, 0.29) is 13.2 Å². The van der Waals surface area contributed by atoms with Crippen molar-refractivity contribution in [3.05, 3.63) is 65.2 Å². The Bertz CT molecular complexity index is 693. The predicted octanol–water partition coefficient (Wildman–Crippen LogP) is 2.40. The molecule has 4 heteroatoms. The van der Waals surface area contributed by atoms with E-state index in [1.165, 1.54) is 0 Å². The van der Waals surface area contributed by atoms with Gasteiger partial charge in [0.1, 0.15) is 19.0 Å². The molecule has 0 atom stereocenters. The van der Waals surface area contributed by atoms with E-state index in [1.807, 2.05) is 24.3 Å². The Kier molecular flexibility index (Phi) is 5.58. The second-order valence-corrected chi connectivity index (χ2v) is 4.46. The van der Waals surface area contributed by atoms with Crippen LogP contribution >= 0.6 is 0 Å². The number of ether oxygens (including phenoxy) is 2. The summed E-state index contributed by atoms with van der Waals surface area (Å²) in [7, 11) is 1.60. The number of methoxy groups -OCH3 is 1. The first-order valence-electron chi connectivity index (χ1n) is 6.73. The molecule has 0 saturated heterocycles. The minimum atomic E-state index is -0.413. The number of benzene rings is 2. The van der Waals surface area contributed by atoms with Crippen LogP contribution in [0.5, 0.6) is 5.75 Å². The van der Waals surface area contributed by atoms with Crippen molar-refractivity contribution in [1.82, 2.24) is 0 Å². The Morgan fingerprint density at radius 1 is 1.18 bits per heavy atom. The van der Waals surface area contributed by atoms with Crippen molar-refractivity contribution in [2.45, 2.75) is 6.61 Å². The molecular weight excluding hydrogens is 280 g/mol. The summed E-state index contributed by atoms with van der Waals surface area (Å²) in [6.07, 6.45) is 0. The van der Waals surface area contributed by atoms with Crippen LogP contribution in [0.4, 0.5) is 0 Å². The summed E-state index contributed by atoms with van der Waals surface area (Å²) in [5, 5.41) is 8.68. The molecule has 112 valence electrons. The molecule has 0 unspecified atom stereocenters. The lowest BCUT2D eigenvalue weighted by Gasteiger charge is -2.06. The third-order valence-electron chi connectivity index (χ3n) is 2.94. The summed E-state index contributed by atoms with van der Waals surface area (Å²) in [5.74, 6) is 5.64. The molecular formula is C18H16O4. The van der Waals surface area contributed by atoms with E-state index in [4.69, 9.17) is 14.6 Å². The second-order valence-electron chi connectivity index (χ2n) is 4.46. The summed E-state index contributed by atoms with van der Waals surface area (Å²) >= 11 is 0. The number of carbonyl (C=O) groups is 1. The minimum absolute atomic E-state index is 0.190. The van der Waals surface area contributed by atoms with Gasteiger partial charge < -0.3 is 14.6 Å². The van der Waals surface area contributed by atoms with Gasteiger partial charge in [-0.15, -0.1) is 0 Å². The lowest BCUT2D eigenvalue weighted by molar-refractivity contribution is 0.0472. The summed E-state index contributed by atoms with van der Waals surface area (Å²) in [5.41, 5.74) is 1.97. The van der Waals surface area contributed by atoms with Crippen LogP contribution in [0.1, 0.15) is 21.5 Å². The summed E-state index contributed by atoms with van der Waals surface area (Å²) < 4.78 is 10.3. The van der Waals surface area contributed by atoms with E-state index in [2.05, 4.69) is 11.8 Å². The Balaban J connectivity index is 1.99. The average Bonchev–Trinajstić information content (AvgIpc) is 2.58. The molecule has 1 N–H and O–H groups in total. The van der Waals surface area contributed by atoms with Crippen molar-refractivity contribution in [2.75, 3.05) is 13.7 Å². The van der Waals surface area contributed by atoms with Crippen molar-refractivity contribution in [1.29, 1.82) is 0 Å². The first-order valence-corrected chi connectivity index (χ1v) is 6.73. The van der Waals surface area contributed by atoms with Gasteiger partial charge in [-0.05, 0) is 35.9 Å². The fourth-order valence-corrected chi connectivity index (χ4v) is 1.82. The molecule has 0 aliphatic carbocycles. The van der Waals surface area contributed by atoms with E-state index in [0.29, 0.717) is 11.1 Å². The van der Waals surface area contributed by atoms with Crippen LogP contribution in [-0.2, 0) is 11.3 Å². The Hall–Kier alpha value is -2.77. The lowest BCUT2D eigenvalue weighted by atomic mass is 10.1. The molecule has 2 rings (SSSR count). The van der Waals surface area contributed by atoms with Gasteiger partial charge in [-0.25, -0.2) is 4.79 Å². The van der Waals surface area contributed by atoms with Crippen LogP contribution in [-0.4, -0.2) is 24.8 Å². The lowest BCUT2D eigenvalue weighted by Crippen LogP contribution is -2.05. The largest absolute Gasteiger partial charge is 0.497 e. The number of hydrogen-bond donors (Lipinski definition) is 1. The van der Waals surface area contributed by atoms with E-state index in [1.54, 1.807) is 31.4 Å². The van der Waals surface area contributed by atoms with Gasteiger partial charge in [-0.3, -0.25) is 0 Å². The van der Waals surface area contributed by atoms with Gasteiger partial charge in [0.15, 0.2) is 0 Å². The van der Waals surface area contributed by atoms with Crippen molar-refractivity contribution in [2.24, 2.45) is 0 Å². The van der Waals surface area contributed by atoms with Crippen LogP contribution in [0.25, 0.3) is 0 Å².